The quantitative estimate of drug-likeness (QED) is 0.789. The zero-order valence-corrected chi connectivity index (χ0v) is 11.5. The Morgan fingerprint density at radius 1 is 1.26 bits per heavy atom. The van der Waals surface area contributed by atoms with Crippen molar-refractivity contribution in [1.82, 2.24) is 15.3 Å². The monoisotopic (exact) mass is 269 g/mol. The van der Waals surface area contributed by atoms with Crippen molar-refractivity contribution in [3.63, 3.8) is 0 Å². The van der Waals surface area contributed by atoms with E-state index < -0.39 is 0 Å². The molecule has 1 atom stereocenters. The first-order valence-corrected chi connectivity index (χ1v) is 7.23. The van der Waals surface area contributed by atoms with Crippen LogP contribution >= 0.6 is 11.3 Å². The third kappa shape index (κ3) is 2.37. The Morgan fingerprint density at radius 3 is 3.00 bits per heavy atom. The molecule has 0 fully saturated rings. The van der Waals surface area contributed by atoms with Crippen molar-refractivity contribution in [2.75, 3.05) is 6.54 Å². The first kappa shape index (κ1) is 12.3. The largest absolute Gasteiger partial charge is 0.305 e. The number of hydrogen-bond donors (Lipinski definition) is 1. The highest BCUT2D eigenvalue weighted by molar-refractivity contribution is 7.17. The van der Waals surface area contributed by atoms with Crippen LogP contribution in [0.25, 0.3) is 10.1 Å². The summed E-state index contributed by atoms with van der Waals surface area (Å²) in [5, 5.41) is 6.94. The molecule has 0 aliphatic rings. The number of nitrogens with one attached hydrogen (secondary N) is 1. The van der Waals surface area contributed by atoms with E-state index in [0.717, 1.165) is 12.2 Å². The van der Waals surface area contributed by atoms with Gasteiger partial charge >= 0.3 is 0 Å². The minimum Gasteiger partial charge on any atom is -0.305 e. The molecule has 2 aromatic heterocycles. The standard InChI is InChI=1S/C15H15N3S/c1-2-17-14(13-6-8-16-10-18-13)12-5-3-4-11-7-9-19-15(11)12/h3-10,14,17H,2H2,1H3. The van der Waals surface area contributed by atoms with E-state index in [1.807, 2.05) is 6.07 Å². The Balaban J connectivity index is 2.12. The van der Waals surface area contributed by atoms with Crippen molar-refractivity contribution in [3.8, 4) is 0 Å². The van der Waals surface area contributed by atoms with Gasteiger partial charge in [-0.2, -0.15) is 0 Å². The van der Waals surface area contributed by atoms with Crippen LogP contribution in [0, 0.1) is 0 Å². The van der Waals surface area contributed by atoms with Crippen LogP contribution in [-0.2, 0) is 0 Å². The van der Waals surface area contributed by atoms with Gasteiger partial charge in [-0.1, -0.05) is 25.1 Å². The molecule has 1 aromatic carbocycles. The summed E-state index contributed by atoms with van der Waals surface area (Å²) in [7, 11) is 0. The minimum absolute atomic E-state index is 0.121. The van der Waals surface area contributed by atoms with Crippen LogP contribution in [0.15, 0.2) is 48.2 Å². The van der Waals surface area contributed by atoms with E-state index in [1.54, 1.807) is 23.9 Å². The molecule has 0 saturated heterocycles. The van der Waals surface area contributed by atoms with Crippen molar-refractivity contribution in [1.29, 1.82) is 0 Å². The second-order valence-corrected chi connectivity index (χ2v) is 5.23. The van der Waals surface area contributed by atoms with E-state index in [0.29, 0.717) is 0 Å². The molecule has 19 heavy (non-hydrogen) atoms. The van der Waals surface area contributed by atoms with E-state index in [2.05, 4.69) is 51.9 Å². The van der Waals surface area contributed by atoms with Gasteiger partial charge in [0.15, 0.2) is 0 Å². The van der Waals surface area contributed by atoms with E-state index in [-0.39, 0.29) is 6.04 Å². The Labute approximate surface area is 116 Å². The maximum absolute atomic E-state index is 4.40. The van der Waals surface area contributed by atoms with Gasteiger partial charge in [-0.25, -0.2) is 9.97 Å². The van der Waals surface area contributed by atoms with Crippen LogP contribution < -0.4 is 5.32 Å². The van der Waals surface area contributed by atoms with Gasteiger partial charge in [0.1, 0.15) is 6.33 Å². The van der Waals surface area contributed by atoms with Crippen molar-refractivity contribution >= 4 is 21.4 Å². The van der Waals surface area contributed by atoms with Gasteiger partial charge in [0.05, 0.1) is 11.7 Å². The summed E-state index contributed by atoms with van der Waals surface area (Å²) < 4.78 is 1.33. The van der Waals surface area contributed by atoms with Gasteiger partial charge in [0.25, 0.3) is 0 Å². The molecule has 4 heteroatoms. The molecule has 0 saturated carbocycles. The van der Waals surface area contributed by atoms with Crippen LogP contribution in [0.4, 0.5) is 0 Å². The molecule has 3 aromatic rings. The number of aromatic nitrogens is 2. The highest BCUT2D eigenvalue weighted by Crippen LogP contribution is 2.31. The average molecular weight is 269 g/mol. The maximum atomic E-state index is 4.40. The number of rotatable bonds is 4. The van der Waals surface area contributed by atoms with E-state index in [1.165, 1.54) is 15.6 Å². The highest BCUT2D eigenvalue weighted by Gasteiger charge is 2.17. The maximum Gasteiger partial charge on any atom is 0.115 e. The number of thiophene rings is 1. The molecule has 0 aliphatic heterocycles. The smallest absolute Gasteiger partial charge is 0.115 e. The third-order valence-corrected chi connectivity index (χ3v) is 4.11. The molecule has 2 heterocycles. The van der Waals surface area contributed by atoms with Crippen molar-refractivity contribution in [2.24, 2.45) is 0 Å². The second-order valence-electron chi connectivity index (χ2n) is 4.31. The topological polar surface area (TPSA) is 37.8 Å². The van der Waals surface area contributed by atoms with E-state index >= 15 is 0 Å². The van der Waals surface area contributed by atoms with Gasteiger partial charge < -0.3 is 5.32 Å². The van der Waals surface area contributed by atoms with Crippen molar-refractivity contribution < 1.29 is 0 Å². The summed E-state index contributed by atoms with van der Waals surface area (Å²) in [6.07, 6.45) is 3.40. The summed E-state index contributed by atoms with van der Waals surface area (Å²) in [4.78, 5) is 8.39. The van der Waals surface area contributed by atoms with Crippen LogP contribution in [-0.4, -0.2) is 16.5 Å². The average Bonchev–Trinajstić information content (AvgIpc) is 2.94. The van der Waals surface area contributed by atoms with Crippen LogP contribution in [0.3, 0.4) is 0 Å². The molecular weight excluding hydrogens is 254 g/mol. The zero-order valence-electron chi connectivity index (χ0n) is 10.7. The Morgan fingerprint density at radius 2 is 2.21 bits per heavy atom. The summed E-state index contributed by atoms with van der Waals surface area (Å²) in [6.45, 7) is 3.01. The van der Waals surface area contributed by atoms with Gasteiger partial charge in [0.2, 0.25) is 0 Å². The normalized spacial score (nSPS) is 12.7. The Bertz CT molecular complexity index is 663. The predicted octanol–water partition coefficient (Wildman–Crippen LogP) is 3.39. The van der Waals surface area contributed by atoms with Crippen molar-refractivity contribution in [3.05, 3.63) is 59.5 Å². The Kier molecular flexibility index (Phi) is 3.53. The lowest BCUT2D eigenvalue weighted by molar-refractivity contribution is 0.618. The summed E-state index contributed by atoms with van der Waals surface area (Å²) >= 11 is 1.78. The lowest BCUT2D eigenvalue weighted by Crippen LogP contribution is -2.23. The lowest BCUT2D eigenvalue weighted by atomic mass is 10.0. The SMILES string of the molecule is CCNC(c1ccncn1)c1cccc2ccsc12. The first-order chi connectivity index (χ1) is 9.40. The fourth-order valence-corrected chi connectivity index (χ4v) is 3.24. The molecule has 3 rings (SSSR count). The van der Waals surface area contributed by atoms with Gasteiger partial charge in [0, 0.05) is 10.9 Å². The summed E-state index contributed by atoms with van der Waals surface area (Å²) in [6, 6.07) is 10.7. The van der Waals surface area contributed by atoms with Gasteiger partial charge in [-0.15, -0.1) is 11.3 Å². The van der Waals surface area contributed by atoms with Crippen molar-refractivity contribution in [2.45, 2.75) is 13.0 Å². The molecule has 0 bridgehead atoms. The summed E-state index contributed by atoms with van der Waals surface area (Å²) in [5.41, 5.74) is 2.30. The zero-order chi connectivity index (χ0) is 13.1. The molecular formula is C15H15N3S. The highest BCUT2D eigenvalue weighted by atomic mass is 32.1. The fraction of sp³-hybridized carbons (Fsp3) is 0.200. The van der Waals surface area contributed by atoms with Crippen LogP contribution in [0.5, 0.6) is 0 Å². The molecule has 1 unspecified atom stereocenters. The second kappa shape index (κ2) is 5.47. The fourth-order valence-electron chi connectivity index (χ4n) is 2.29. The molecule has 3 nitrogen and oxygen atoms in total. The predicted molar refractivity (Wildman–Crippen MR) is 79.4 cm³/mol. The third-order valence-electron chi connectivity index (χ3n) is 3.13. The first-order valence-electron chi connectivity index (χ1n) is 6.35. The number of nitrogens with zero attached hydrogens (tertiary/aromatic N) is 2. The Hall–Kier alpha value is -1.78. The van der Waals surface area contributed by atoms with Crippen LogP contribution in [0.2, 0.25) is 0 Å². The van der Waals surface area contributed by atoms with Gasteiger partial charge in [-0.3, -0.25) is 0 Å². The molecule has 0 radical (unpaired) electrons. The van der Waals surface area contributed by atoms with Crippen LogP contribution in [0.1, 0.15) is 24.2 Å². The number of benzene rings is 1. The molecule has 0 aliphatic carbocycles. The lowest BCUT2D eigenvalue weighted by Gasteiger charge is -2.18. The van der Waals surface area contributed by atoms with E-state index in [4.69, 9.17) is 0 Å². The number of hydrogen-bond acceptors (Lipinski definition) is 4. The van der Waals surface area contributed by atoms with E-state index in [9.17, 15) is 0 Å². The number of fused-ring (bicyclic) bond motifs is 1. The minimum atomic E-state index is 0.121. The van der Waals surface area contributed by atoms with Gasteiger partial charge in [-0.05, 0) is 35.0 Å². The molecule has 0 amide bonds. The molecule has 0 spiro atoms. The molecule has 1 N–H and O–H groups in total. The summed E-state index contributed by atoms with van der Waals surface area (Å²) in [5.74, 6) is 0. The molecule has 96 valence electrons.